The molecule has 0 aliphatic heterocycles. The number of rotatable bonds is 10. The molecule has 0 aliphatic rings. The Balaban J connectivity index is 2.79. The van der Waals surface area contributed by atoms with E-state index < -0.39 is 0 Å². The molecule has 0 fully saturated rings. The van der Waals surface area contributed by atoms with Gasteiger partial charge in [0.25, 0.3) is 0 Å². The zero-order valence-electron chi connectivity index (χ0n) is 13.7. The van der Waals surface area contributed by atoms with Gasteiger partial charge in [0, 0.05) is 13.0 Å². The van der Waals surface area contributed by atoms with Crippen molar-refractivity contribution in [3.63, 3.8) is 0 Å². The van der Waals surface area contributed by atoms with E-state index in [0.717, 1.165) is 37.2 Å². The number of nitrogens with zero attached hydrogens (tertiary/aromatic N) is 2. The lowest BCUT2D eigenvalue weighted by Crippen LogP contribution is -2.09. The molecule has 1 rings (SSSR count). The van der Waals surface area contributed by atoms with Gasteiger partial charge in [-0.2, -0.15) is 0 Å². The molecule has 0 amide bonds. The van der Waals surface area contributed by atoms with Crippen molar-refractivity contribution in [3.8, 4) is 0 Å². The molecule has 3 nitrogen and oxygen atoms in total. The quantitative estimate of drug-likeness (QED) is 0.351. The summed E-state index contributed by atoms with van der Waals surface area (Å²) in [7, 11) is 0. The third kappa shape index (κ3) is 6.19. The van der Waals surface area contributed by atoms with Crippen molar-refractivity contribution in [1.29, 1.82) is 0 Å². The lowest BCUT2D eigenvalue weighted by atomic mass is 10.1. The van der Waals surface area contributed by atoms with Crippen molar-refractivity contribution >= 4 is 11.5 Å². The molecule has 3 heteroatoms. The van der Waals surface area contributed by atoms with Gasteiger partial charge in [0.05, 0.1) is 11.4 Å². The maximum Gasteiger partial charge on any atom is 0.180 e. The number of pyridine rings is 1. The van der Waals surface area contributed by atoms with Crippen LogP contribution in [0.1, 0.15) is 81.9 Å². The molecule has 0 saturated carbocycles. The third-order valence-electron chi connectivity index (χ3n) is 3.45. The second-order valence-electron chi connectivity index (χ2n) is 5.32. The topological polar surface area (TPSA) is 42.3 Å². The molecule has 0 N–H and O–H groups in total. The number of Topliss-reactive ketones (excluding diaryl/α,β-unsaturated/α-hetero) is 1. The highest BCUT2D eigenvalue weighted by Gasteiger charge is 2.09. The Hall–Kier alpha value is -1.51. The summed E-state index contributed by atoms with van der Waals surface area (Å²) >= 11 is 0. The van der Waals surface area contributed by atoms with Crippen molar-refractivity contribution in [2.45, 2.75) is 65.7 Å². The van der Waals surface area contributed by atoms with Gasteiger partial charge in [0.15, 0.2) is 5.78 Å². The van der Waals surface area contributed by atoms with E-state index in [-0.39, 0.29) is 5.78 Å². The van der Waals surface area contributed by atoms with Gasteiger partial charge < -0.3 is 0 Å². The zero-order chi connectivity index (χ0) is 15.5. The maximum absolute atomic E-state index is 11.8. The number of hydrogen-bond donors (Lipinski definition) is 0. The van der Waals surface area contributed by atoms with Crippen molar-refractivity contribution in [2.75, 3.05) is 6.54 Å². The Bertz CT molecular complexity index is 466. The summed E-state index contributed by atoms with van der Waals surface area (Å²) in [5.74, 6) is 0.0932. The van der Waals surface area contributed by atoms with Crippen molar-refractivity contribution in [1.82, 2.24) is 4.98 Å². The van der Waals surface area contributed by atoms with E-state index in [1.807, 2.05) is 19.1 Å². The van der Waals surface area contributed by atoms with Gasteiger partial charge >= 0.3 is 0 Å². The molecule has 1 heterocycles. The first-order valence-electron chi connectivity index (χ1n) is 8.26. The molecule has 0 aromatic carbocycles. The molecule has 0 unspecified atom stereocenters. The first kappa shape index (κ1) is 17.5. The van der Waals surface area contributed by atoms with Crippen LogP contribution in [0.5, 0.6) is 0 Å². The minimum absolute atomic E-state index is 0.0932. The summed E-state index contributed by atoms with van der Waals surface area (Å²) in [4.78, 5) is 21.0. The number of carbonyl (C=O) groups is 1. The van der Waals surface area contributed by atoms with E-state index in [2.05, 4.69) is 18.8 Å². The minimum atomic E-state index is 0.0932. The lowest BCUT2D eigenvalue weighted by Gasteiger charge is -2.07. The summed E-state index contributed by atoms with van der Waals surface area (Å²) in [6.45, 7) is 7.09. The molecular formula is C18H28N2O. The van der Waals surface area contributed by atoms with Gasteiger partial charge in [-0.05, 0) is 25.0 Å². The normalized spacial score (nSPS) is 11.7. The van der Waals surface area contributed by atoms with Crippen LogP contribution in [0.15, 0.2) is 23.2 Å². The van der Waals surface area contributed by atoms with Crippen LogP contribution in [0.25, 0.3) is 0 Å². The summed E-state index contributed by atoms with van der Waals surface area (Å²) in [5.41, 5.74) is 2.47. The molecular weight excluding hydrogens is 260 g/mol. The van der Waals surface area contributed by atoms with Gasteiger partial charge in [-0.3, -0.25) is 9.79 Å². The lowest BCUT2D eigenvalue weighted by molar-refractivity contribution is 0.0983. The summed E-state index contributed by atoms with van der Waals surface area (Å²) in [6.07, 6.45) is 7.35. The fourth-order valence-electron chi connectivity index (χ4n) is 2.21. The largest absolute Gasteiger partial charge is 0.292 e. The van der Waals surface area contributed by atoms with Gasteiger partial charge in [0.2, 0.25) is 0 Å². The molecule has 0 aliphatic carbocycles. The Labute approximate surface area is 128 Å². The second kappa shape index (κ2) is 10.3. The zero-order valence-corrected chi connectivity index (χ0v) is 13.7. The van der Waals surface area contributed by atoms with Gasteiger partial charge in [-0.25, -0.2) is 4.98 Å². The first-order chi connectivity index (χ1) is 10.2. The number of hydrogen-bond acceptors (Lipinski definition) is 3. The SMILES string of the molecule is CCCCCC/N=C(/CCC)c1cccc(C(=O)CC)n1. The number of ketones is 1. The van der Waals surface area contributed by atoms with Crippen LogP contribution >= 0.6 is 0 Å². The molecule has 0 spiro atoms. The molecule has 21 heavy (non-hydrogen) atoms. The second-order valence-corrected chi connectivity index (χ2v) is 5.32. The molecule has 0 radical (unpaired) electrons. The average molecular weight is 288 g/mol. The van der Waals surface area contributed by atoms with Crippen molar-refractivity contribution in [3.05, 3.63) is 29.6 Å². The van der Waals surface area contributed by atoms with Crippen LogP contribution in [-0.4, -0.2) is 23.0 Å². The number of unbranched alkanes of at least 4 members (excludes halogenated alkanes) is 3. The molecule has 0 atom stereocenters. The van der Waals surface area contributed by atoms with E-state index in [1.54, 1.807) is 6.07 Å². The summed E-state index contributed by atoms with van der Waals surface area (Å²) in [5, 5.41) is 0. The maximum atomic E-state index is 11.8. The predicted octanol–water partition coefficient (Wildman–Crippen LogP) is 4.84. The van der Waals surface area contributed by atoms with E-state index in [4.69, 9.17) is 4.99 Å². The highest BCUT2D eigenvalue weighted by Crippen LogP contribution is 2.09. The molecule has 0 bridgehead atoms. The van der Waals surface area contributed by atoms with Crippen LogP contribution in [0, 0.1) is 0 Å². The first-order valence-corrected chi connectivity index (χ1v) is 8.26. The van der Waals surface area contributed by atoms with Crippen LogP contribution in [0.3, 0.4) is 0 Å². The highest BCUT2D eigenvalue weighted by molar-refractivity contribution is 6.00. The molecule has 0 saturated heterocycles. The van der Waals surface area contributed by atoms with Crippen LogP contribution in [0.2, 0.25) is 0 Å². The van der Waals surface area contributed by atoms with E-state index in [0.29, 0.717) is 12.1 Å². The fraction of sp³-hybridized carbons (Fsp3) is 0.611. The van der Waals surface area contributed by atoms with Crippen molar-refractivity contribution < 1.29 is 4.79 Å². The number of carbonyl (C=O) groups excluding carboxylic acids is 1. The van der Waals surface area contributed by atoms with Gasteiger partial charge in [-0.1, -0.05) is 52.5 Å². The predicted molar refractivity (Wildman–Crippen MR) is 89.3 cm³/mol. The number of aliphatic imine (C=N–C) groups is 1. The minimum Gasteiger partial charge on any atom is -0.292 e. The Kier molecular flexibility index (Phi) is 8.56. The van der Waals surface area contributed by atoms with E-state index >= 15 is 0 Å². The molecule has 1 aromatic heterocycles. The standard InChI is InChI=1S/C18H28N2O/c1-4-7-8-9-14-19-15(11-5-2)16-12-10-13-17(20-16)18(21)6-3/h10,12-13H,4-9,11,14H2,1-3H3/b19-15-. The Morgan fingerprint density at radius 1 is 1.05 bits per heavy atom. The van der Waals surface area contributed by atoms with Gasteiger partial charge in [0.1, 0.15) is 5.69 Å². The van der Waals surface area contributed by atoms with Crippen LogP contribution in [0.4, 0.5) is 0 Å². The van der Waals surface area contributed by atoms with Crippen LogP contribution < -0.4 is 0 Å². The van der Waals surface area contributed by atoms with E-state index in [1.165, 1.54) is 19.3 Å². The van der Waals surface area contributed by atoms with Crippen molar-refractivity contribution in [2.24, 2.45) is 4.99 Å². The Morgan fingerprint density at radius 2 is 1.81 bits per heavy atom. The third-order valence-corrected chi connectivity index (χ3v) is 3.45. The van der Waals surface area contributed by atoms with Gasteiger partial charge in [-0.15, -0.1) is 0 Å². The smallest absolute Gasteiger partial charge is 0.180 e. The highest BCUT2D eigenvalue weighted by atomic mass is 16.1. The van der Waals surface area contributed by atoms with Crippen LogP contribution in [-0.2, 0) is 0 Å². The summed E-state index contributed by atoms with van der Waals surface area (Å²) < 4.78 is 0. The molecule has 116 valence electrons. The molecule has 1 aromatic rings. The average Bonchev–Trinajstić information content (AvgIpc) is 2.53. The fourth-order valence-corrected chi connectivity index (χ4v) is 2.21. The number of aromatic nitrogens is 1. The van der Waals surface area contributed by atoms with E-state index in [9.17, 15) is 4.79 Å². The summed E-state index contributed by atoms with van der Waals surface area (Å²) in [6, 6.07) is 5.67. The monoisotopic (exact) mass is 288 g/mol. The Morgan fingerprint density at radius 3 is 2.48 bits per heavy atom.